The van der Waals surface area contributed by atoms with Crippen LogP contribution in [0, 0.1) is 0 Å². The van der Waals surface area contributed by atoms with Crippen LogP contribution in [0.15, 0.2) is 29.2 Å². The van der Waals surface area contributed by atoms with Crippen molar-refractivity contribution >= 4 is 26.8 Å². The summed E-state index contributed by atoms with van der Waals surface area (Å²) in [5.41, 5.74) is -0.114. The van der Waals surface area contributed by atoms with Crippen molar-refractivity contribution in [3.05, 3.63) is 29.8 Å². The number of fused-ring (bicyclic) bond motifs is 1. The minimum Gasteiger partial charge on any atom is -0.267 e. The second-order valence-corrected chi connectivity index (χ2v) is 5.69. The third kappa shape index (κ3) is 1.25. The van der Waals surface area contributed by atoms with E-state index in [0.29, 0.717) is 0 Å². The van der Waals surface area contributed by atoms with Gasteiger partial charge in [0.25, 0.3) is 15.9 Å². The van der Waals surface area contributed by atoms with Crippen LogP contribution in [0.25, 0.3) is 0 Å². The van der Waals surface area contributed by atoms with Crippen LogP contribution in [0.4, 0.5) is 0 Å². The van der Waals surface area contributed by atoms with Crippen LogP contribution >= 0.6 is 0 Å². The van der Waals surface area contributed by atoms with E-state index in [-0.39, 0.29) is 14.2 Å². The number of carbonyl (C=O) groups is 1. The molecule has 0 aromatic heterocycles. The Morgan fingerprint density at radius 3 is 2.27 bits per heavy atom. The van der Waals surface area contributed by atoms with E-state index in [2.05, 4.69) is 0 Å². The number of thiol groups is 1. The van der Waals surface area contributed by atoms with Gasteiger partial charge in [-0.1, -0.05) is 12.1 Å². The molecule has 8 heteroatoms. The van der Waals surface area contributed by atoms with E-state index in [0.717, 1.165) is 0 Å². The van der Waals surface area contributed by atoms with E-state index >= 15 is 0 Å². The van der Waals surface area contributed by atoms with Crippen molar-refractivity contribution in [2.24, 2.45) is 0 Å². The van der Waals surface area contributed by atoms with Crippen LogP contribution in [0.3, 0.4) is 0 Å². The topological polar surface area (TPSA) is 88.6 Å². The van der Waals surface area contributed by atoms with Crippen molar-refractivity contribution in [3.8, 4) is 0 Å². The van der Waals surface area contributed by atoms with Crippen LogP contribution in [0.1, 0.15) is 10.4 Å². The monoisotopic (exact) mass is 247 g/mol. The summed E-state index contributed by atoms with van der Waals surface area (Å²) in [7, 11) is -7.69. The SMILES string of the molecule is O=C1c2ccccc2S(=O)(=O)N1[SH](=O)=O. The predicted molar refractivity (Wildman–Crippen MR) is 50.1 cm³/mol. The lowest BCUT2D eigenvalue weighted by molar-refractivity contribution is 0.0930. The fraction of sp³-hybridized carbons (Fsp3) is 0. The van der Waals surface area contributed by atoms with Gasteiger partial charge in [-0.2, -0.15) is 8.42 Å². The molecular formula is C7H5NO5S2. The Bertz CT molecular complexity index is 608. The highest BCUT2D eigenvalue weighted by atomic mass is 32.3. The van der Waals surface area contributed by atoms with Crippen LogP contribution < -0.4 is 0 Å². The lowest BCUT2D eigenvalue weighted by Crippen LogP contribution is -2.28. The van der Waals surface area contributed by atoms with Gasteiger partial charge in [0.1, 0.15) is 4.90 Å². The lowest BCUT2D eigenvalue weighted by Gasteiger charge is -2.04. The van der Waals surface area contributed by atoms with Crippen molar-refractivity contribution in [1.82, 2.24) is 3.71 Å². The number of nitrogens with zero attached hydrogens (tertiary/aromatic N) is 1. The fourth-order valence-electron chi connectivity index (χ4n) is 1.34. The third-order valence-corrected chi connectivity index (χ3v) is 5.00. The molecule has 15 heavy (non-hydrogen) atoms. The summed E-state index contributed by atoms with van der Waals surface area (Å²) >= 11 is 0. The van der Waals surface area contributed by atoms with Gasteiger partial charge < -0.3 is 0 Å². The molecule has 2 rings (SSSR count). The summed E-state index contributed by atoms with van der Waals surface area (Å²) in [6.07, 6.45) is 0. The Hall–Kier alpha value is -1.41. The van der Waals surface area contributed by atoms with Crippen molar-refractivity contribution < 1.29 is 21.6 Å². The molecule has 0 radical (unpaired) electrons. The Balaban J connectivity index is 2.82. The Morgan fingerprint density at radius 1 is 1.13 bits per heavy atom. The van der Waals surface area contributed by atoms with Crippen molar-refractivity contribution in [2.75, 3.05) is 0 Å². The smallest absolute Gasteiger partial charge is 0.267 e. The number of benzene rings is 1. The fourth-order valence-corrected chi connectivity index (χ4v) is 3.74. The summed E-state index contributed by atoms with van der Waals surface area (Å²) in [5.74, 6) is -1.03. The first-order valence-electron chi connectivity index (χ1n) is 3.79. The first-order chi connectivity index (χ1) is 6.96. The first-order valence-corrected chi connectivity index (χ1v) is 6.36. The lowest BCUT2D eigenvalue weighted by atomic mass is 10.2. The van der Waals surface area contributed by atoms with E-state index < -0.39 is 26.8 Å². The summed E-state index contributed by atoms with van der Waals surface area (Å²) in [5, 5.41) is 0. The van der Waals surface area contributed by atoms with Gasteiger partial charge in [-0.3, -0.25) is 4.79 Å². The molecule has 0 atom stereocenters. The van der Waals surface area contributed by atoms with Crippen LogP contribution in [-0.2, 0) is 20.9 Å². The Kier molecular flexibility index (Phi) is 2.05. The molecule has 0 saturated heterocycles. The predicted octanol–water partition coefficient (Wildman–Crippen LogP) is -0.642. The molecule has 0 unspecified atom stereocenters. The van der Waals surface area contributed by atoms with Crippen molar-refractivity contribution in [1.29, 1.82) is 0 Å². The minimum absolute atomic E-state index is 0.114. The summed E-state index contributed by atoms with van der Waals surface area (Å²) in [6, 6.07) is 5.36. The Morgan fingerprint density at radius 2 is 1.73 bits per heavy atom. The van der Waals surface area contributed by atoms with E-state index in [4.69, 9.17) is 0 Å². The van der Waals surface area contributed by atoms with Crippen LogP contribution in [-0.4, -0.2) is 26.5 Å². The first kappa shape index (κ1) is 10.1. The molecule has 1 aliphatic heterocycles. The largest absolute Gasteiger partial charge is 0.282 e. The molecular weight excluding hydrogens is 242 g/mol. The number of hydrogen-bond acceptors (Lipinski definition) is 5. The molecule has 80 valence electrons. The van der Waals surface area contributed by atoms with E-state index in [1.165, 1.54) is 24.3 Å². The normalized spacial score (nSPS) is 18.2. The Labute approximate surface area is 87.3 Å². The van der Waals surface area contributed by atoms with Crippen molar-refractivity contribution in [3.63, 3.8) is 0 Å². The van der Waals surface area contributed by atoms with Gasteiger partial charge >= 0.3 is 0 Å². The molecule has 0 spiro atoms. The summed E-state index contributed by atoms with van der Waals surface area (Å²) < 4.78 is 44.3. The van der Waals surface area contributed by atoms with Gasteiger partial charge in [0.2, 0.25) is 10.9 Å². The highest BCUT2D eigenvalue weighted by Crippen LogP contribution is 2.29. The average Bonchev–Trinajstić information content (AvgIpc) is 2.36. The van der Waals surface area contributed by atoms with Gasteiger partial charge in [-0.15, -0.1) is 3.71 Å². The zero-order valence-corrected chi connectivity index (χ0v) is 8.86. The number of amides is 1. The minimum atomic E-state index is -4.21. The summed E-state index contributed by atoms with van der Waals surface area (Å²) in [4.78, 5) is 11.1. The number of carbonyl (C=O) groups excluding carboxylic acids is 1. The second kappa shape index (κ2) is 3.04. The molecule has 1 amide bonds. The molecule has 0 fully saturated rings. The van der Waals surface area contributed by atoms with E-state index in [1.807, 2.05) is 0 Å². The molecule has 1 aliphatic rings. The zero-order valence-electron chi connectivity index (χ0n) is 7.15. The second-order valence-electron chi connectivity index (χ2n) is 2.79. The maximum absolute atomic E-state index is 11.6. The quantitative estimate of drug-likeness (QED) is 0.667. The van der Waals surface area contributed by atoms with Crippen molar-refractivity contribution in [2.45, 2.75) is 4.90 Å². The maximum atomic E-state index is 11.6. The molecule has 1 aromatic rings. The number of sulfonamides is 1. The van der Waals surface area contributed by atoms with E-state index in [1.54, 1.807) is 0 Å². The molecule has 0 bridgehead atoms. The zero-order chi connectivity index (χ0) is 11.2. The van der Waals surface area contributed by atoms with Gasteiger partial charge in [-0.05, 0) is 12.1 Å². The standard InChI is InChI=1S/C7H5NO5S2/c9-7-5-3-1-2-4-6(5)15(12,13)8(7)14(10)11/h1-4,14H. The number of hydrogen-bond donors (Lipinski definition) is 1. The highest BCUT2D eigenvalue weighted by Gasteiger charge is 2.42. The van der Waals surface area contributed by atoms with Gasteiger partial charge in [-0.25, -0.2) is 8.42 Å². The van der Waals surface area contributed by atoms with Crippen LogP contribution in [0.5, 0.6) is 0 Å². The highest BCUT2D eigenvalue weighted by molar-refractivity contribution is 7.99. The van der Waals surface area contributed by atoms with Gasteiger partial charge in [0.05, 0.1) is 5.56 Å². The molecule has 1 aromatic carbocycles. The average molecular weight is 247 g/mol. The molecule has 0 saturated carbocycles. The molecule has 0 N–H and O–H groups in total. The van der Waals surface area contributed by atoms with Gasteiger partial charge in [0.15, 0.2) is 0 Å². The van der Waals surface area contributed by atoms with E-state index in [9.17, 15) is 21.6 Å². The molecule has 6 nitrogen and oxygen atoms in total. The summed E-state index contributed by atoms with van der Waals surface area (Å²) in [6.45, 7) is 0. The van der Waals surface area contributed by atoms with Crippen LogP contribution in [0.2, 0.25) is 0 Å². The van der Waals surface area contributed by atoms with Gasteiger partial charge in [0, 0.05) is 0 Å². The molecule has 0 aliphatic carbocycles. The molecule has 1 heterocycles. The third-order valence-electron chi connectivity index (χ3n) is 1.95. The maximum Gasteiger partial charge on any atom is 0.282 e. The number of rotatable bonds is 1.